The van der Waals surface area contributed by atoms with E-state index in [0.717, 1.165) is 49.0 Å². The SMILES string of the molecule is CCCCCCCC[C@H]1CC[C@H]([C@H]2CC[C@H](C(=O)Oc3ccc(-c4ncc(CCCC)cn4)cc3)CC2)CC1. The lowest BCUT2D eigenvalue weighted by Crippen LogP contribution is -2.30. The summed E-state index contributed by atoms with van der Waals surface area (Å²) >= 11 is 0. The molecule has 0 aliphatic heterocycles. The van der Waals surface area contributed by atoms with Gasteiger partial charge < -0.3 is 4.74 Å². The first-order valence-corrected chi connectivity index (χ1v) is 16.3. The lowest BCUT2D eigenvalue weighted by Gasteiger charge is -2.37. The van der Waals surface area contributed by atoms with E-state index in [0.29, 0.717) is 11.6 Å². The van der Waals surface area contributed by atoms with Crippen LogP contribution in [0.4, 0.5) is 0 Å². The summed E-state index contributed by atoms with van der Waals surface area (Å²) in [6.45, 7) is 4.49. The molecule has 0 radical (unpaired) electrons. The average molecular weight is 533 g/mol. The second-order valence-electron chi connectivity index (χ2n) is 12.4. The minimum absolute atomic E-state index is 0.0453. The quantitative estimate of drug-likeness (QED) is 0.138. The largest absolute Gasteiger partial charge is 0.426 e. The van der Waals surface area contributed by atoms with Crippen LogP contribution in [0.25, 0.3) is 11.4 Å². The van der Waals surface area contributed by atoms with E-state index in [4.69, 9.17) is 4.74 Å². The van der Waals surface area contributed by atoms with Gasteiger partial charge in [-0.2, -0.15) is 0 Å². The van der Waals surface area contributed by atoms with Crippen LogP contribution in [-0.4, -0.2) is 15.9 Å². The molecule has 2 aliphatic rings. The number of ether oxygens (including phenoxy) is 1. The highest BCUT2D eigenvalue weighted by molar-refractivity contribution is 5.75. The average Bonchev–Trinajstić information content (AvgIpc) is 2.99. The van der Waals surface area contributed by atoms with Crippen molar-refractivity contribution in [2.45, 2.75) is 129 Å². The van der Waals surface area contributed by atoms with Gasteiger partial charge in [0.25, 0.3) is 0 Å². The maximum Gasteiger partial charge on any atom is 0.314 e. The summed E-state index contributed by atoms with van der Waals surface area (Å²) < 4.78 is 5.79. The molecule has 39 heavy (non-hydrogen) atoms. The topological polar surface area (TPSA) is 52.1 Å². The lowest BCUT2D eigenvalue weighted by molar-refractivity contribution is -0.140. The van der Waals surface area contributed by atoms with E-state index in [2.05, 4.69) is 23.8 Å². The van der Waals surface area contributed by atoms with Gasteiger partial charge in [0.1, 0.15) is 5.75 Å². The standard InChI is InChI=1S/C35H52N2O2/c1-3-5-7-8-9-10-12-27-13-15-29(16-14-27)30-17-19-32(20-18-30)35(38)39-33-23-21-31(22-24-33)34-36-25-28(26-37-34)11-6-4-2/h21-27,29-30,32H,3-20H2,1-2H3/t27-,29-,30-,32-. The highest BCUT2D eigenvalue weighted by Gasteiger charge is 2.33. The Morgan fingerprint density at radius 2 is 1.33 bits per heavy atom. The molecule has 0 atom stereocenters. The Bertz CT molecular complexity index is 955. The Hall–Kier alpha value is -2.23. The van der Waals surface area contributed by atoms with Gasteiger partial charge in [0.2, 0.25) is 0 Å². The first-order valence-electron chi connectivity index (χ1n) is 16.3. The van der Waals surface area contributed by atoms with Crippen molar-refractivity contribution in [3.63, 3.8) is 0 Å². The molecule has 2 aliphatic carbocycles. The molecule has 0 amide bonds. The molecule has 2 aromatic rings. The van der Waals surface area contributed by atoms with E-state index in [9.17, 15) is 4.79 Å². The van der Waals surface area contributed by atoms with Gasteiger partial charge in [-0.3, -0.25) is 4.79 Å². The number of aromatic nitrogens is 2. The molecule has 1 aromatic carbocycles. The Morgan fingerprint density at radius 1 is 0.744 bits per heavy atom. The molecule has 2 fully saturated rings. The van der Waals surface area contributed by atoms with Crippen LogP contribution < -0.4 is 4.74 Å². The lowest BCUT2D eigenvalue weighted by atomic mass is 9.68. The van der Waals surface area contributed by atoms with Crippen LogP contribution in [0.15, 0.2) is 36.7 Å². The van der Waals surface area contributed by atoms with Crippen LogP contribution in [0, 0.1) is 23.7 Å². The zero-order chi connectivity index (χ0) is 27.3. The first-order chi connectivity index (χ1) is 19.2. The Balaban J connectivity index is 1.14. The predicted molar refractivity (Wildman–Crippen MR) is 161 cm³/mol. The molecule has 214 valence electrons. The van der Waals surface area contributed by atoms with Crippen molar-refractivity contribution < 1.29 is 9.53 Å². The van der Waals surface area contributed by atoms with E-state index >= 15 is 0 Å². The van der Waals surface area contributed by atoms with Crippen LogP contribution >= 0.6 is 0 Å². The van der Waals surface area contributed by atoms with Gasteiger partial charge in [-0.15, -0.1) is 0 Å². The summed E-state index contributed by atoms with van der Waals surface area (Å²) in [5.74, 6) is 4.00. The second kappa shape index (κ2) is 16.1. The predicted octanol–water partition coefficient (Wildman–Crippen LogP) is 9.75. The van der Waals surface area contributed by atoms with Crippen LogP contribution in [0.2, 0.25) is 0 Å². The van der Waals surface area contributed by atoms with Crippen LogP contribution in [0.1, 0.15) is 129 Å². The third-order valence-corrected chi connectivity index (χ3v) is 9.48. The molecule has 4 heteroatoms. The van der Waals surface area contributed by atoms with Crippen molar-refractivity contribution in [1.29, 1.82) is 0 Å². The normalized spacial score (nSPS) is 23.4. The van der Waals surface area contributed by atoms with Gasteiger partial charge in [0.15, 0.2) is 5.82 Å². The number of aryl methyl sites for hydroxylation is 1. The van der Waals surface area contributed by atoms with Crippen molar-refractivity contribution in [3.8, 4) is 17.1 Å². The van der Waals surface area contributed by atoms with E-state index in [-0.39, 0.29) is 11.9 Å². The van der Waals surface area contributed by atoms with Gasteiger partial charge in [-0.1, -0.05) is 78.1 Å². The molecule has 0 saturated heterocycles. The summed E-state index contributed by atoms with van der Waals surface area (Å²) in [5, 5.41) is 0. The Labute approximate surface area is 237 Å². The molecule has 4 nitrogen and oxygen atoms in total. The number of nitrogens with zero attached hydrogens (tertiary/aromatic N) is 2. The Morgan fingerprint density at radius 3 is 1.97 bits per heavy atom. The highest BCUT2D eigenvalue weighted by atomic mass is 16.5. The molecule has 1 heterocycles. The van der Waals surface area contributed by atoms with E-state index in [1.165, 1.54) is 95.5 Å². The molecule has 4 rings (SSSR count). The monoisotopic (exact) mass is 532 g/mol. The van der Waals surface area contributed by atoms with E-state index in [1.807, 2.05) is 36.7 Å². The number of unbranched alkanes of at least 4 members (excludes halogenated alkanes) is 6. The minimum Gasteiger partial charge on any atom is -0.426 e. The van der Waals surface area contributed by atoms with Gasteiger partial charge in [0.05, 0.1) is 5.92 Å². The van der Waals surface area contributed by atoms with Crippen molar-refractivity contribution in [2.24, 2.45) is 23.7 Å². The zero-order valence-corrected chi connectivity index (χ0v) is 24.7. The van der Waals surface area contributed by atoms with E-state index in [1.54, 1.807) is 0 Å². The fourth-order valence-corrected chi connectivity index (χ4v) is 6.87. The van der Waals surface area contributed by atoms with Crippen LogP contribution in [0.5, 0.6) is 5.75 Å². The molecular formula is C35H52N2O2. The molecule has 0 spiro atoms. The molecule has 2 saturated carbocycles. The molecule has 1 aromatic heterocycles. The van der Waals surface area contributed by atoms with E-state index < -0.39 is 0 Å². The summed E-state index contributed by atoms with van der Waals surface area (Å²) in [7, 11) is 0. The zero-order valence-electron chi connectivity index (χ0n) is 24.7. The number of benzene rings is 1. The fourth-order valence-electron chi connectivity index (χ4n) is 6.87. The van der Waals surface area contributed by atoms with Crippen molar-refractivity contribution in [1.82, 2.24) is 9.97 Å². The summed E-state index contributed by atoms with van der Waals surface area (Å²) in [6, 6.07) is 7.64. The van der Waals surface area contributed by atoms with Crippen LogP contribution in [0.3, 0.4) is 0 Å². The smallest absolute Gasteiger partial charge is 0.314 e. The molecule has 0 unspecified atom stereocenters. The number of carbonyl (C=O) groups excluding carboxylic acids is 1. The van der Waals surface area contributed by atoms with Crippen molar-refractivity contribution >= 4 is 5.97 Å². The van der Waals surface area contributed by atoms with Crippen LogP contribution in [-0.2, 0) is 11.2 Å². The maximum absolute atomic E-state index is 12.9. The number of esters is 1. The third kappa shape index (κ3) is 9.43. The Kier molecular flexibility index (Phi) is 12.3. The van der Waals surface area contributed by atoms with Crippen molar-refractivity contribution in [2.75, 3.05) is 0 Å². The molecular weight excluding hydrogens is 480 g/mol. The summed E-state index contributed by atoms with van der Waals surface area (Å²) in [4.78, 5) is 22.0. The number of rotatable bonds is 14. The highest BCUT2D eigenvalue weighted by Crippen LogP contribution is 2.42. The van der Waals surface area contributed by atoms with Gasteiger partial charge >= 0.3 is 5.97 Å². The van der Waals surface area contributed by atoms with Gasteiger partial charge in [-0.05, 0) is 98.9 Å². The third-order valence-electron chi connectivity index (χ3n) is 9.48. The van der Waals surface area contributed by atoms with Gasteiger partial charge in [0, 0.05) is 18.0 Å². The maximum atomic E-state index is 12.9. The number of hydrogen-bond donors (Lipinski definition) is 0. The number of hydrogen-bond acceptors (Lipinski definition) is 4. The fraction of sp³-hybridized carbons (Fsp3) is 0.686. The first kappa shape index (κ1) is 29.7. The van der Waals surface area contributed by atoms with Crippen molar-refractivity contribution in [3.05, 3.63) is 42.2 Å². The second-order valence-corrected chi connectivity index (χ2v) is 12.4. The van der Waals surface area contributed by atoms with Gasteiger partial charge in [-0.25, -0.2) is 9.97 Å². The molecule has 0 bridgehead atoms. The minimum atomic E-state index is -0.0552. The summed E-state index contributed by atoms with van der Waals surface area (Å²) in [5.41, 5.74) is 2.12. The molecule has 0 N–H and O–H groups in total. The number of carbonyl (C=O) groups is 1. The summed E-state index contributed by atoms with van der Waals surface area (Å²) in [6.07, 6.45) is 27.2.